The number of aryl methyl sites for hydroxylation is 1. The third kappa shape index (κ3) is 4.22. The average molecular weight is 413 g/mol. The maximum absolute atomic E-state index is 13.7. The minimum Gasteiger partial charge on any atom is -0.310 e. The van der Waals surface area contributed by atoms with Crippen molar-refractivity contribution in [3.8, 4) is 0 Å². The highest BCUT2D eigenvalue weighted by Gasteiger charge is 2.31. The van der Waals surface area contributed by atoms with Crippen molar-refractivity contribution in [2.45, 2.75) is 30.2 Å². The van der Waals surface area contributed by atoms with Crippen molar-refractivity contribution < 1.29 is 13.6 Å². The van der Waals surface area contributed by atoms with Gasteiger partial charge in [-0.25, -0.2) is 13.8 Å². The Morgan fingerprint density at radius 3 is 2.48 bits per heavy atom. The molecule has 2 aromatic carbocycles. The molecule has 4 rings (SSSR count). The smallest absolute Gasteiger partial charge is 0.257 e. The third-order valence-corrected chi connectivity index (χ3v) is 5.66. The van der Waals surface area contributed by atoms with Crippen LogP contribution >= 0.6 is 11.8 Å². The van der Waals surface area contributed by atoms with Crippen molar-refractivity contribution in [1.82, 2.24) is 9.97 Å². The van der Waals surface area contributed by atoms with Gasteiger partial charge in [-0.2, -0.15) is 0 Å². The summed E-state index contributed by atoms with van der Waals surface area (Å²) in [5, 5.41) is 2.97. The van der Waals surface area contributed by atoms with Crippen molar-refractivity contribution in [1.29, 1.82) is 0 Å². The highest BCUT2D eigenvalue weighted by molar-refractivity contribution is 7.98. The number of thioether (sulfide) groups is 1. The molecule has 1 aliphatic rings. The molecule has 148 valence electrons. The first-order valence-corrected chi connectivity index (χ1v) is 9.96. The number of H-pyrrole nitrogens is 1. The van der Waals surface area contributed by atoms with Crippen molar-refractivity contribution in [2.75, 3.05) is 5.32 Å². The van der Waals surface area contributed by atoms with Gasteiger partial charge in [0.15, 0.2) is 5.16 Å². The normalized spacial score (nSPS) is 15.7. The largest absolute Gasteiger partial charge is 0.310 e. The molecule has 3 aromatic rings. The number of halogens is 2. The first kappa shape index (κ1) is 19.3. The number of aromatic nitrogens is 2. The zero-order valence-corrected chi connectivity index (χ0v) is 16.3. The van der Waals surface area contributed by atoms with Gasteiger partial charge >= 0.3 is 0 Å². The predicted molar refractivity (Wildman–Crippen MR) is 107 cm³/mol. The lowest BCUT2D eigenvalue weighted by Crippen LogP contribution is -2.31. The molecular weight excluding hydrogens is 396 g/mol. The molecule has 29 heavy (non-hydrogen) atoms. The average Bonchev–Trinajstić information content (AvgIpc) is 2.66. The lowest BCUT2D eigenvalue weighted by atomic mass is 9.87. The van der Waals surface area contributed by atoms with E-state index in [4.69, 9.17) is 0 Å². The Bertz CT molecular complexity index is 1130. The maximum atomic E-state index is 13.7. The second-order valence-corrected chi connectivity index (χ2v) is 7.88. The molecule has 0 fully saturated rings. The monoisotopic (exact) mass is 413 g/mol. The van der Waals surface area contributed by atoms with E-state index >= 15 is 0 Å². The van der Waals surface area contributed by atoms with Crippen LogP contribution in [0.4, 0.5) is 14.6 Å². The minimum atomic E-state index is -0.767. The van der Waals surface area contributed by atoms with Gasteiger partial charge in [0, 0.05) is 24.2 Å². The van der Waals surface area contributed by atoms with Crippen molar-refractivity contribution in [2.24, 2.45) is 0 Å². The van der Waals surface area contributed by atoms with Gasteiger partial charge in [0.25, 0.3) is 5.56 Å². The predicted octanol–water partition coefficient (Wildman–Crippen LogP) is 4.12. The lowest BCUT2D eigenvalue weighted by molar-refractivity contribution is -0.116. The van der Waals surface area contributed by atoms with Gasteiger partial charge in [-0.05, 0) is 30.2 Å². The van der Waals surface area contributed by atoms with E-state index in [-0.39, 0.29) is 29.3 Å². The number of rotatable bonds is 4. The Morgan fingerprint density at radius 1 is 1.10 bits per heavy atom. The number of benzene rings is 2. The number of nitrogens with one attached hydrogen (secondary N) is 2. The number of anilines is 1. The first-order chi connectivity index (χ1) is 13.9. The Morgan fingerprint density at radius 2 is 1.79 bits per heavy atom. The van der Waals surface area contributed by atoms with Gasteiger partial charge in [-0.1, -0.05) is 41.6 Å². The van der Waals surface area contributed by atoms with Gasteiger partial charge in [0.05, 0.1) is 5.56 Å². The van der Waals surface area contributed by atoms with Gasteiger partial charge in [-0.3, -0.25) is 9.59 Å². The molecule has 1 atom stereocenters. The molecule has 0 aliphatic carbocycles. The molecule has 0 saturated heterocycles. The maximum Gasteiger partial charge on any atom is 0.257 e. The lowest BCUT2D eigenvalue weighted by Gasteiger charge is -2.24. The third-order valence-electron chi connectivity index (χ3n) is 4.71. The molecule has 0 radical (unpaired) electrons. The Balaban J connectivity index is 1.66. The standard InChI is InChI=1S/C21H17F2N3O2S/c1-11-2-4-12(5-3-11)10-29-21-25-19-18(20(28)26-21)16(9-17(27)24-19)13-6-14(22)8-15(23)7-13/h2-8,16H,9-10H2,1H3,(H2,24,25,26,27,28). The topological polar surface area (TPSA) is 74.8 Å². The van der Waals surface area contributed by atoms with Crippen LogP contribution in [0.25, 0.3) is 0 Å². The van der Waals surface area contributed by atoms with E-state index in [1.165, 1.54) is 11.8 Å². The van der Waals surface area contributed by atoms with E-state index in [0.717, 1.165) is 29.3 Å². The van der Waals surface area contributed by atoms with Gasteiger partial charge in [-0.15, -0.1) is 0 Å². The number of nitrogens with zero attached hydrogens (tertiary/aromatic N) is 1. The number of carbonyl (C=O) groups excluding carboxylic acids is 1. The summed E-state index contributed by atoms with van der Waals surface area (Å²) in [6.07, 6.45) is -0.0868. The zero-order valence-electron chi connectivity index (χ0n) is 15.5. The molecule has 0 spiro atoms. The zero-order chi connectivity index (χ0) is 20.5. The van der Waals surface area contributed by atoms with Crippen molar-refractivity contribution in [3.63, 3.8) is 0 Å². The fourth-order valence-electron chi connectivity index (χ4n) is 3.32. The van der Waals surface area contributed by atoms with Gasteiger partial charge in [0.1, 0.15) is 17.5 Å². The van der Waals surface area contributed by atoms with Gasteiger partial charge < -0.3 is 10.3 Å². The Hall–Kier alpha value is -3.00. The molecule has 1 aromatic heterocycles. The van der Waals surface area contributed by atoms with Crippen molar-refractivity contribution in [3.05, 3.63) is 86.7 Å². The molecule has 5 nitrogen and oxygen atoms in total. The summed E-state index contributed by atoms with van der Waals surface area (Å²) in [5.41, 5.74) is 2.22. The fourth-order valence-corrected chi connectivity index (χ4v) is 4.13. The van der Waals surface area contributed by atoms with Crippen LogP contribution in [0.15, 0.2) is 52.4 Å². The Kier molecular flexibility index (Phi) is 5.19. The van der Waals surface area contributed by atoms with Gasteiger partial charge in [0.2, 0.25) is 5.91 Å². The van der Waals surface area contributed by atoms with Crippen LogP contribution in [0.1, 0.15) is 34.6 Å². The van der Waals surface area contributed by atoms with E-state index in [0.29, 0.717) is 10.9 Å². The minimum absolute atomic E-state index is 0.0868. The summed E-state index contributed by atoms with van der Waals surface area (Å²) in [7, 11) is 0. The first-order valence-electron chi connectivity index (χ1n) is 8.97. The van der Waals surface area contributed by atoms with Crippen LogP contribution < -0.4 is 10.9 Å². The molecule has 1 amide bonds. The number of hydrogen-bond acceptors (Lipinski definition) is 4. The van der Waals surface area contributed by atoms with Crippen LogP contribution in [0, 0.1) is 18.6 Å². The second kappa shape index (κ2) is 7.79. The number of carbonyl (C=O) groups is 1. The molecule has 2 N–H and O–H groups in total. The molecule has 2 heterocycles. The van der Waals surface area contributed by atoms with E-state index < -0.39 is 23.1 Å². The molecule has 0 bridgehead atoms. The van der Waals surface area contributed by atoms with Crippen LogP contribution in [0.2, 0.25) is 0 Å². The highest BCUT2D eigenvalue weighted by atomic mass is 32.2. The SMILES string of the molecule is Cc1ccc(CSc2nc3c(c(=O)[nH]2)C(c2cc(F)cc(F)c2)CC(=O)N3)cc1. The van der Waals surface area contributed by atoms with E-state index in [9.17, 15) is 18.4 Å². The summed E-state index contributed by atoms with van der Waals surface area (Å²) in [5.74, 6) is -1.93. The molecule has 1 unspecified atom stereocenters. The molecule has 8 heteroatoms. The van der Waals surface area contributed by atoms with Crippen LogP contribution in [-0.4, -0.2) is 15.9 Å². The molecule has 1 aliphatic heterocycles. The Labute approximate surface area is 169 Å². The number of aromatic amines is 1. The second-order valence-electron chi connectivity index (χ2n) is 6.92. The summed E-state index contributed by atoms with van der Waals surface area (Å²) >= 11 is 1.33. The number of hydrogen-bond donors (Lipinski definition) is 2. The molecular formula is C21H17F2N3O2S. The summed E-state index contributed by atoms with van der Waals surface area (Å²) < 4.78 is 27.3. The van der Waals surface area contributed by atoms with E-state index in [1.54, 1.807) is 0 Å². The van der Waals surface area contributed by atoms with Crippen LogP contribution in [0.3, 0.4) is 0 Å². The van der Waals surface area contributed by atoms with E-state index in [2.05, 4.69) is 15.3 Å². The number of fused-ring (bicyclic) bond motifs is 1. The summed E-state index contributed by atoms with van der Waals surface area (Å²) in [6.45, 7) is 2.00. The summed E-state index contributed by atoms with van der Waals surface area (Å²) in [4.78, 5) is 32.0. The van der Waals surface area contributed by atoms with Crippen molar-refractivity contribution >= 4 is 23.5 Å². The quantitative estimate of drug-likeness (QED) is 0.498. The van der Waals surface area contributed by atoms with E-state index in [1.807, 2.05) is 31.2 Å². The summed E-state index contributed by atoms with van der Waals surface area (Å²) in [6, 6.07) is 11.0. The van der Waals surface area contributed by atoms with Crippen LogP contribution in [-0.2, 0) is 10.5 Å². The van der Waals surface area contributed by atoms with Crippen LogP contribution in [0.5, 0.6) is 0 Å². The number of amides is 1. The molecule has 0 saturated carbocycles. The highest BCUT2D eigenvalue weighted by Crippen LogP contribution is 2.35. The fraction of sp³-hybridized carbons (Fsp3) is 0.190.